The van der Waals surface area contributed by atoms with Crippen molar-refractivity contribution in [2.24, 2.45) is 5.73 Å². The van der Waals surface area contributed by atoms with E-state index in [-0.39, 0.29) is 24.5 Å². The van der Waals surface area contributed by atoms with Gasteiger partial charge in [0.2, 0.25) is 0 Å². The largest absolute Gasteiger partial charge is 0.328 e. The van der Waals surface area contributed by atoms with Crippen LogP contribution < -0.4 is 11.1 Å². The summed E-state index contributed by atoms with van der Waals surface area (Å²) in [5.41, 5.74) is 5.98. The summed E-state index contributed by atoms with van der Waals surface area (Å²) in [6.45, 7) is 10.4. The monoisotopic (exact) mass is 280 g/mol. The van der Waals surface area contributed by atoms with Crippen LogP contribution in [-0.2, 0) is 4.79 Å². The minimum absolute atomic E-state index is 0.115. The predicted octanol–water partition coefficient (Wildman–Crippen LogP) is 0.296. The fraction of sp³-hybridized carbons (Fsp3) is 0.714. The zero-order valence-corrected chi connectivity index (χ0v) is 12.3. The van der Waals surface area contributed by atoms with E-state index in [0.717, 1.165) is 25.2 Å². The van der Waals surface area contributed by atoms with Gasteiger partial charge in [0, 0.05) is 26.2 Å². The Kier molecular flexibility index (Phi) is 4.15. The first-order chi connectivity index (χ1) is 9.39. The first kappa shape index (κ1) is 15.0. The number of hydrogen-bond donors (Lipinski definition) is 2. The molecule has 20 heavy (non-hydrogen) atoms. The van der Waals surface area contributed by atoms with Gasteiger partial charge in [0.05, 0.1) is 6.04 Å². The minimum Gasteiger partial charge on any atom is -0.328 e. The molecule has 2 rings (SSSR count). The van der Waals surface area contributed by atoms with Gasteiger partial charge in [-0.25, -0.2) is 4.79 Å². The SMILES string of the molecule is C=C(C)CN1CCC2(CC1)NC(=O)N(C(C)CN)C2=O. The van der Waals surface area contributed by atoms with Crippen LogP contribution in [0.5, 0.6) is 0 Å². The van der Waals surface area contributed by atoms with Crippen molar-refractivity contribution in [1.29, 1.82) is 0 Å². The molecule has 0 aromatic heterocycles. The predicted molar refractivity (Wildman–Crippen MR) is 77.1 cm³/mol. The third kappa shape index (κ3) is 2.58. The van der Waals surface area contributed by atoms with E-state index >= 15 is 0 Å². The van der Waals surface area contributed by atoms with Crippen molar-refractivity contribution >= 4 is 11.9 Å². The maximum Gasteiger partial charge on any atom is 0.325 e. The fourth-order valence-electron chi connectivity index (χ4n) is 2.96. The van der Waals surface area contributed by atoms with E-state index in [2.05, 4.69) is 16.8 Å². The quantitative estimate of drug-likeness (QED) is 0.573. The van der Waals surface area contributed by atoms with E-state index in [9.17, 15) is 9.59 Å². The molecule has 2 aliphatic rings. The second-order valence-corrected chi connectivity index (χ2v) is 6.01. The lowest BCUT2D eigenvalue weighted by molar-refractivity contribution is -0.134. The molecule has 0 saturated carbocycles. The highest BCUT2D eigenvalue weighted by atomic mass is 16.2. The standard InChI is InChI=1S/C14H24N4O2/c1-10(2)9-17-6-4-14(5-7-17)12(19)18(11(3)8-15)13(20)16-14/h11H,1,4-9,15H2,2-3H3,(H,16,20). The van der Waals surface area contributed by atoms with Gasteiger partial charge < -0.3 is 11.1 Å². The topological polar surface area (TPSA) is 78.7 Å². The smallest absolute Gasteiger partial charge is 0.325 e. The zero-order valence-electron chi connectivity index (χ0n) is 12.3. The second kappa shape index (κ2) is 5.54. The van der Waals surface area contributed by atoms with Gasteiger partial charge >= 0.3 is 6.03 Å². The lowest BCUT2D eigenvalue weighted by Crippen LogP contribution is -2.55. The summed E-state index contributed by atoms with van der Waals surface area (Å²) in [6.07, 6.45) is 1.30. The molecule has 1 spiro atoms. The summed E-state index contributed by atoms with van der Waals surface area (Å²) in [5.74, 6) is -0.115. The average molecular weight is 280 g/mol. The van der Waals surface area contributed by atoms with E-state index in [4.69, 9.17) is 5.73 Å². The van der Waals surface area contributed by atoms with Crippen LogP contribution in [0.15, 0.2) is 12.2 Å². The molecule has 0 aromatic rings. The molecule has 0 aromatic carbocycles. The molecular weight excluding hydrogens is 256 g/mol. The van der Waals surface area contributed by atoms with Crippen molar-refractivity contribution in [1.82, 2.24) is 15.1 Å². The third-order valence-corrected chi connectivity index (χ3v) is 4.18. The summed E-state index contributed by atoms with van der Waals surface area (Å²) in [5, 5.41) is 2.89. The lowest BCUT2D eigenvalue weighted by atomic mass is 9.87. The van der Waals surface area contributed by atoms with Crippen LogP contribution in [0, 0.1) is 0 Å². The van der Waals surface area contributed by atoms with Gasteiger partial charge in [0.25, 0.3) is 5.91 Å². The Balaban J connectivity index is 2.05. The maximum absolute atomic E-state index is 12.6. The minimum atomic E-state index is -0.716. The van der Waals surface area contributed by atoms with Crippen LogP contribution in [0.3, 0.4) is 0 Å². The molecule has 3 amide bonds. The van der Waals surface area contributed by atoms with Crippen molar-refractivity contribution < 1.29 is 9.59 Å². The van der Waals surface area contributed by atoms with Gasteiger partial charge in [0.1, 0.15) is 5.54 Å². The maximum atomic E-state index is 12.6. The Hall–Kier alpha value is -1.40. The van der Waals surface area contributed by atoms with Gasteiger partial charge in [-0.3, -0.25) is 14.6 Å². The van der Waals surface area contributed by atoms with Crippen molar-refractivity contribution in [2.75, 3.05) is 26.2 Å². The van der Waals surface area contributed by atoms with Crippen LogP contribution in [-0.4, -0.2) is 59.5 Å². The molecule has 1 atom stereocenters. The molecule has 0 radical (unpaired) electrons. The van der Waals surface area contributed by atoms with E-state index < -0.39 is 5.54 Å². The van der Waals surface area contributed by atoms with E-state index in [1.54, 1.807) is 6.92 Å². The summed E-state index contributed by atoms with van der Waals surface area (Å²) < 4.78 is 0. The van der Waals surface area contributed by atoms with Crippen LogP contribution in [0.1, 0.15) is 26.7 Å². The number of amides is 3. The highest BCUT2D eigenvalue weighted by molar-refractivity contribution is 6.07. The average Bonchev–Trinajstić information content (AvgIpc) is 2.63. The number of urea groups is 1. The van der Waals surface area contributed by atoms with Crippen LogP contribution in [0.25, 0.3) is 0 Å². The highest BCUT2D eigenvalue weighted by Crippen LogP contribution is 2.30. The number of nitrogens with zero attached hydrogens (tertiary/aromatic N) is 2. The van der Waals surface area contributed by atoms with Crippen LogP contribution in [0.2, 0.25) is 0 Å². The summed E-state index contributed by atoms with van der Waals surface area (Å²) in [7, 11) is 0. The molecule has 3 N–H and O–H groups in total. The molecule has 1 unspecified atom stereocenters. The first-order valence-electron chi connectivity index (χ1n) is 7.12. The van der Waals surface area contributed by atoms with E-state index in [0.29, 0.717) is 12.8 Å². The number of nitrogens with two attached hydrogens (primary N) is 1. The fourth-order valence-corrected chi connectivity index (χ4v) is 2.96. The van der Waals surface area contributed by atoms with Gasteiger partial charge in [-0.1, -0.05) is 12.2 Å². The molecule has 2 heterocycles. The molecule has 6 heteroatoms. The number of hydrogen-bond acceptors (Lipinski definition) is 4. The first-order valence-corrected chi connectivity index (χ1v) is 7.12. The molecular formula is C14H24N4O2. The highest BCUT2D eigenvalue weighted by Gasteiger charge is 2.53. The van der Waals surface area contributed by atoms with Gasteiger partial charge in [-0.05, 0) is 26.7 Å². The summed E-state index contributed by atoms with van der Waals surface area (Å²) >= 11 is 0. The molecule has 2 aliphatic heterocycles. The Morgan fingerprint density at radius 2 is 2.05 bits per heavy atom. The number of piperidine rings is 1. The molecule has 2 fully saturated rings. The van der Waals surface area contributed by atoms with Gasteiger partial charge in [0.15, 0.2) is 0 Å². The summed E-state index contributed by atoms with van der Waals surface area (Å²) in [4.78, 5) is 28.2. The zero-order chi connectivity index (χ0) is 14.9. The number of imide groups is 1. The number of likely N-dealkylation sites (tertiary alicyclic amines) is 1. The van der Waals surface area contributed by atoms with Crippen LogP contribution in [0.4, 0.5) is 4.79 Å². The Labute approximate surface area is 120 Å². The van der Waals surface area contributed by atoms with Crippen molar-refractivity contribution in [3.05, 3.63) is 12.2 Å². The van der Waals surface area contributed by atoms with E-state index in [1.807, 2.05) is 6.92 Å². The molecule has 6 nitrogen and oxygen atoms in total. The number of nitrogens with one attached hydrogen (secondary N) is 1. The van der Waals surface area contributed by atoms with Gasteiger partial charge in [-0.15, -0.1) is 0 Å². The Morgan fingerprint density at radius 3 is 2.55 bits per heavy atom. The van der Waals surface area contributed by atoms with Gasteiger partial charge in [-0.2, -0.15) is 0 Å². The molecule has 2 saturated heterocycles. The lowest BCUT2D eigenvalue weighted by Gasteiger charge is -2.37. The molecule has 0 aliphatic carbocycles. The Bertz CT molecular complexity index is 427. The van der Waals surface area contributed by atoms with Crippen molar-refractivity contribution in [2.45, 2.75) is 38.3 Å². The Morgan fingerprint density at radius 1 is 1.45 bits per heavy atom. The number of carbonyl (C=O) groups is 2. The normalized spacial score (nSPS) is 24.1. The van der Waals surface area contributed by atoms with E-state index in [1.165, 1.54) is 4.90 Å². The second-order valence-electron chi connectivity index (χ2n) is 6.01. The van der Waals surface area contributed by atoms with Crippen molar-refractivity contribution in [3.63, 3.8) is 0 Å². The third-order valence-electron chi connectivity index (χ3n) is 4.18. The molecule has 0 bridgehead atoms. The summed E-state index contributed by atoms with van der Waals surface area (Å²) in [6, 6.07) is -0.559. The number of rotatable bonds is 4. The number of carbonyl (C=O) groups excluding carboxylic acids is 2. The molecule has 112 valence electrons. The van der Waals surface area contributed by atoms with Crippen molar-refractivity contribution in [3.8, 4) is 0 Å². The van der Waals surface area contributed by atoms with Crippen LogP contribution >= 0.6 is 0 Å².